The molecule has 2 aromatic rings. The number of nitrogens with zero attached hydrogens (tertiary/aromatic N) is 3. The first kappa shape index (κ1) is 19.0. The summed E-state index contributed by atoms with van der Waals surface area (Å²) in [4.78, 5) is 25.2. The lowest BCUT2D eigenvalue weighted by molar-refractivity contribution is 0.117. The fourth-order valence-electron chi connectivity index (χ4n) is 3.59. The van der Waals surface area contributed by atoms with Crippen molar-refractivity contribution in [1.82, 2.24) is 20.6 Å². The minimum absolute atomic E-state index is 0.154. The topological polar surface area (TPSA) is 124 Å². The van der Waals surface area contributed by atoms with Crippen LogP contribution in [-0.4, -0.2) is 49.0 Å². The molecule has 1 aromatic heterocycles. The number of cyclic esters (lactones) is 1. The van der Waals surface area contributed by atoms with Crippen LogP contribution < -0.4 is 21.8 Å². The number of anilines is 1. The number of benzene rings is 1. The van der Waals surface area contributed by atoms with Gasteiger partial charge in [0.1, 0.15) is 32.9 Å². The van der Waals surface area contributed by atoms with Gasteiger partial charge in [-0.25, -0.2) is 19.2 Å². The van der Waals surface area contributed by atoms with Crippen LogP contribution in [0.15, 0.2) is 23.4 Å². The van der Waals surface area contributed by atoms with E-state index in [2.05, 4.69) is 25.8 Å². The van der Waals surface area contributed by atoms with Crippen molar-refractivity contribution in [2.24, 2.45) is 5.16 Å². The second-order valence-electron chi connectivity index (χ2n) is 7.07. The summed E-state index contributed by atoms with van der Waals surface area (Å²) in [6, 6.07) is 4.20. The van der Waals surface area contributed by atoms with Gasteiger partial charge in [0, 0.05) is 6.42 Å². The molecule has 0 aliphatic carbocycles. The van der Waals surface area contributed by atoms with Crippen molar-refractivity contribution in [1.29, 1.82) is 0 Å². The quantitative estimate of drug-likeness (QED) is 0.466. The molecule has 1 fully saturated rings. The third-order valence-corrected chi connectivity index (χ3v) is 4.90. The highest BCUT2D eigenvalue weighted by Crippen LogP contribution is 2.26. The van der Waals surface area contributed by atoms with Gasteiger partial charge in [-0.1, -0.05) is 16.7 Å². The Balaban J connectivity index is 1.63. The first-order valence-electron chi connectivity index (χ1n) is 9.20. The maximum atomic E-state index is 13.5. The van der Waals surface area contributed by atoms with E-state index in [9.17, 15) is 9.18 Å². The highest BCUT2D eigenvalue weighted by molar-refractivity contribution is 6.33. The molecule has 0 spiro atoms. The minimum Gasteiger partial charge on any atom is -0.447 e. The fraction of sp³-hybridized carbons (Fsp3) is 0.333. The summed E-state index contributed by atoms with van der Waals surface area (Å²) in [5.74, 6) is 0.356. The van der Waals surface area contributed by atoms with Gasteiger partial charge in [0.25, 0.3) is 0 Å². The van der Waals surface area contributed by atoms with E-state index >= 15 is 0 Å². The Hall–Kier alpha value is -3.37. The Labute approximate surface area is 167 Å². The first-order valence-corrected chi connectivity index (χ1v) is 9.20. The van der Waals surface area contributed by atoms with Gasteiger partial charge in [-0.2, -0.15) is 0 Å². The molecule has 2 aliphatic heterocycles. The average molecular weight is 398 g/mol. The molecule has 29 heavy (non-hydrogen) atoms. The van der Waals surface area contributed by atoms with Crippen LogP contribution in [0.2, 0.25) is 0 Å². The summed E-state index contributed by atoms with van der Waals surface area (Å²) in [5, 5.41) is 10.2. The molecular formula is C18H20BFN6O3. The summed E-state index contributed by atoms with van der Waals surface area (Å²) in [7, 11) is 1.85. The van der Waals surface area contributed by atoms with E-state index in [1.807, 2.05) is 14.8 Å². The van der Waals surface area contributed by atoms with Crippen molar-refractivity contribution in [3.63, 3.8) is 0 Å². The number of rotatable bonds is 4. The number of ether oxygens (including phenoxy) is 1. The van der Waals surface area contributed by atoms with Gasteiger partial charge in [0.2, 0.25) is 5.95 Å². The van der Waals surface area contributed by atoms with Crippen molar-refractivity contribution in [3.8, 4) is 0 Å². The summed E-state index contributed by atoms with van der Waals surface area (Å²) in [6.07, 6.45) is 0.0694. The van der Waals surface area contributed by atoms with Crippen molar-refractivity contribution in [2.45, 2.75) is 25.4 Å². The largest absolute Gasteiger partial charge is 0.447 e. The van der Waals surface area contributed by atoms with E-state index in [1.165, 1.54) is 12.1 Å². The van der Waals surface area contributed by atoms with Crippen LogP contribution in [0.3, 0.4) is 0 Å². The molecule has 150 valence electrons. The van der Waals surface area contributed by atoms with Crippen molar-refractivity contribution < 1.29 is 18.8 Å². The molecule has 2 aliphatic rings. The van der Waals surface area contributed by atoms with Crippen LogP contribution in [-0.2, 0) is 16.0 Å². The molecule has 9 nitrogen and oxygen atoms in total. The number of carbonyl (C=O) groups is 1. The summed E-state index contributed by atoms with van der Waals surface area (Å²) in [6.45, 7) is 2.20. The molecule has 4 N–H and O–H groups in total. The third-order valence-electron chi connectivity index (χ3n) is 4.90. The minimum atomic E-state index is -0.473. The van der Waals surface area contributed by atoms with Crippen LogP contribution in [0.5, 0.6) is 0 Å². The van der Waals surface area contributed by atoms with Crippen LogP contribution in [0, 0.1) is 12.7 Å². The average Bonchev–Trinajstić information content (AvgIpc) is 3.06. The van der Waals surface area contributed by atoms with E-state index < -0.39 is 6.09 Å². The van der Waals surface area contributed by atoms with Crippen molar-refractivity contribution in [2.75, 3.05) is 18.9 Å². The fourth-order valence-corrected chi connectivity index (χ4v) is 3.59. The number of nitrogens with two attached hydrogens (primary N) is 1. The lowest BCUT2D eigenvalue weighted by atomic mass is 9.84. The second-order valence-corrected chi connectivity index (χ2v) is 7.07. The van der Waals surface area contributed by atoms with Crippen LogP contribution in [0.25, 0.3) is 0 Å². The van der Waals surface area contributed by atoms with Gasteiger partial charge in [-0.3, -0.25) is 0 Å². The maximum Gasteiger partial charge on any atom is 0.407 e. The number of nitrogen functional groups attached to an aromatic ring is 1. The first-order chi connectivity index (χ1) is 13.9. The zero-order valence-electron chi connectivity index (χ0n) is 16.0. The van der Waals surface area contributed by atoms with Crippen LogP contribution in [0.4, 0.5) is 15.1 Å². The number of amides is 1. The Morgan fingerprint density at radius 2 is 2.24 bits per heavy atom. The molecule has 0 saturated carbocycles. The van der Waals surface area contributed by atoms with Crippen molar-refractivity contribution >= 4 is 31.2 Å². The summed E-state index contributed by atoms with van der Waals surface area (Å²) in [5.41, 5.74) is 9.72. The number of halogens is 1. The van der Waals surface area contributed by atoms with E-state index in [-0.39, 0.29) is 37.1 Å². The van der Waals surface area contributed by atoms with E-state index in [1.54, 1.807) is 6.07 Å². The van der Waals surface area contributed by atoms with Gasteiger partial charge >= 0.3 is 6.09 Å². The molecule has 1 saturated heterocycles. The number of alkyl carbamates (subject to hydrolysis) is 1. The molecule has 4 rings (SSSR count). The molecule has 2 atom stereocenters. The number of nitrogens with one attached hydrogen (secondary N) is 2. The Kier molecular flexibility index (Phi) is 4.95. The third kappa shape index (κ3) is 3.93. The van der Waals surface area contributed by atoms with Crippen LogP contribution in [0.1, 0.15) is 28.6 Å². The van der Waals surface area contributed by atoms with Crippen molar-refractivity contribution in [3.05, 3.63) is 46.5 Å². The Bertz CT molecular complexity index is 1000. The lowest BCUT2D eigenvalue weighted by Crippen LogP contribution is -2.40. The van der Waals surface area contributed by atoms with Gasteiger partial charge in [0.15, 0.2) is 5.84 Å². The molecule has 3 heterocycles. The highest BCUT2D eigenvalue weighted by Gasteiger charge is 2.29. The summed E-state index contributed by atoms with van der Waals surface area (Å²) < 4.78 is 18.4. The SMILES string of the molecule is Bc1cc(F)ccc1[C@H]1Cc2nc(N)nc(C)c2/C(=N/OC[C@H]2COC(=O)N2)N1. The van der Waals surface area contributed by atoms with E-state index in [0.717, 1.165) is 22.3 Å². The van der Waals surface area contributed by atoms with Gasteiger partial charge in [-0.05, 0) is 24.6 Å². The summed E-state index contributed by atoms with van der Waals surface area (Å²) >= 11 is 0. The highest BCUT2D eigenvalue weighted by atomic mass is 19.1. The zero-order valence-corrected chi connectivity index (χ0v) is 16.0. The predicted molar refractivity (Wildman–Crippen MR) is 106 cm³/mol. The number of aryl methyl sites for hydroxylation is 1. The number of amidine groups is 1. The zero-order chi connectivity index (χ0) is 20.5. The molecular weight excluding hydrogens is 378 g/mol. The molecule has 0 radical (unpaired) electrons. The van der Waals surface area contributed by atoms with E-state index in [0.29, 0.717) is 18.0 Å². The number of aromatic nitrogens is 2. The van der Waals surface area contributed by atoms with Gasteiger partial charge in [-0.15, -0.1) is 0 Å². The number of fused-ring (bicyclic) bond motifs is 1. The smallest absolute Gasteiger partial charge is 0.407 e. The maximum absolute atomic E-state index is 13.5. The predicted octanol–water partition coefficient (Wildman–Crippen LogP) is -0.562. The molecule has 0 bridgehead atoms. The lowest BCUT2D eigenvalue weighted by Gasteiger charge is -2.29. The molecule has 1 amide bonds. The number of oxime groups is 1. The normalized spacial score (nSPS) is 21.9. The number of carbonyl (C=O) groups excluding carboxylic acids is 1. The molecule has 1 aromatic carbocycles. The second kappa shape index (κ2) is 7.57. The standard InChI is InChI=1S/C18H20BFN6O3/c1-8-15-14(25-17(21)22-8)5-13(11-3-2-9(20)4-12(11)19)24-16(15)26-29-7-10-6-28-18(27)23-10/h2-4,10,13H,5-7,19H2,1H3,(H,23,27)(H,24,26)(H2,21,22,25)/t10-,13-/m1/s1. The molecule has 0 unspecified atom stereocenters. The van der Waals surface area contributed by atoms with Gasteiger partial charge in [0.05, 0.1) is 23.0 Å². The number of hydrogen-bond donors (Lipinski definition) is 3. The van der Waals surface area contributed by atoms with E-state index in [4.69, 9.17) is 15.3 Å². The van der Waals surface area contributed by atoms with Crippen LogP contribution >= 0.6 is 0 Å². The van der Waals surface area contributed by atoms with Gasteiger partial charge < -0.3 is 25.9 Å². The monoisotopic (exact) mass is 398 g/mol. The Morgan fingerprint density at radius 3 is 2.97 bits per heavy atom. The molecule has 11 heteroatoms. The Morgan fingerprint density at radius 1 is 1.41 bits per heavy atom. The number of hydrogen-bond acceptors (Lipinski definition) is 7.